The first-order valence-corrected chi connectivity index (χ1v) is 9.53. The van der Waals surface area contributed by atoms with Crippen LogP contribution >= 0.6 is 35.3 Å². The van der Waals surface area contributed by atoms with E-state index >= 15 is 0 Å². The van der Waals surface area contributed by atoms with E-state index in [2.05, 4.69) is 30.5 Å². The number of aliphatic imine (C=N–C) groups is 1. The lowest BCUT2D eigenvalue weighted by Gasteiger charge is -2.11. The van der Waals surface area contributed by atoms with Crippen molar-refractivity contribution in [3.63, 3.8) is 0 Å². The number of imidazole rings is 1. The summed E-state index contributed by atoms with van der Waals surface area (Å²) >= 11 is 9.74. The van der Waals surface area contributed by atoms with Crippen molar-refractivity contribution in [2.24, 2.45) is 4.99 Å². The van der Waals surface area contributed by atoms with Gasteiger partial charge in [0.1, 0.15) is 5.04 Å². The molecule has 2 aromatic rings. The zero-order valence-corrected chi connectivity index (χ0v) is 15.6. The Bertz CT molecular complexity index is 669. The molecule has 0 radical (unpaired) electrons. The maximum Gasteiger partial charge on any atom is 0.155 e. The second-order valence-corrected chi connectivity index (χ2v) is 7.66. The number of hydrogen-bond acceptors (Lipinski definition) is 5. The molecule has 2 aromatic heterocycles. The van der Waals surface area contributed by atoms with Gasteiger partial charge in [-0.2, -0.15) is 0 Å². The van der Waals surface area contributed by atoms with Crippen molar-refractivity contribution in [3.8, 4) is 0 Å². The zero-order chi connectivity index (χ0) is 16.1. The van der Waals surface area contributed by atoms with Gasteiger partial charge in [0.15, 0.2) is 5.65 Å². The highest BCUT2D eigenvalue weighted by molar-refractivity contribution is 8.12. The van der Waals surface area contributed by atoms with Gasteiger partial charge in [-0.25, -0.2) is 4.98 Å². The molecule has 1 atom stereocenters. The number of aryl methyl sites for hydroxylation is 1. The fourth-order valence-corrected chi connectivity index (χ4v) is 3.75. The minimum atomic E-state index is 0.213. The Balaban J connectivity index is 2.41. The number of halogens is 1. The Labute approximate surface area is 145 Å². The summed E-state index contributed by atoms with van der Waals surface area (Å²) in [5, 5.41) is 1.81. The van der Waals surface area contributed by atoms with Gasteiger partial charge in [-0.3, -0.25) is 9.71 Å². The summed E-state index contributed by atoms with van der Waals surface area (Å²) in [5.74, 6) is 1.05. The van der Waals surface area contributed by atoms with Gasteiger partial charge in [0.2, 0.25) is 0 Å². The molecule has 0 saturated carbocycles. The minimum Gasteiger partial charge on any atom is -0.305 e. The number of nitrogens with zero attached hydrogens (tertiary/aromatic N) is 3. The molecule has 0 aliphatic rings. The van der Waals surface area contributed by atoms with Crippen LogP contribution in [0.2, 0.25) is 5.02 Å². The van der Waals surface area contributed by atoms with Crippen molar-refractivity contribution in [3.05, 3.63) is 34.7 Å². The van der Waals surface area contributed by atoms with Crippen molar-refractivity contribution < 1.29 is 0 Å². The molecule has 0 aliphatic heterocycles. The molecule has 0 amide bonds. The number of rotatable bonds is 6. The zero-order valence-electron chi connectivity index (χ0n) is 13.3. The number of thioether (sulfide) groups is 1. The van der Waals surface area contributed by atoms with Gasteiger partial charge in [0, 0.05) is 24.5 Å². The smallest absolute Gasteiger partial charge is 0.155 e. The van der Waals surface area contributed by atoms with Gasteiger partial charge in [-0.1, -0.05) is 25.4 Å². The van der Waals surface area contributed by atoms with Gasteiger partial charge >= 0.3 is 0 Å². The molecule has 0 spiro atoms. The highest BCUT2D eigenvalue weighted by atomic mass is 35.5. The van der Waals surface area contributed by atoms with Crippen molar-refractivity contribution in [1.82, 2.24) is 14.1 Å². The van der Waals surface area contributed by atoms with E-state index in [1.54, 1.807) is 11.9 Å². The lowest BCUT2D eigenvalue weighted by molar-refractivity contribution is 1.03. The van der Waals surface area contributed by atoms with Crippen LogP contribution in [-0.4, -0.2) is 32.1 Å². The molecule has 1 N–H and O–H groups in total. The Kier molecular flexibility index (Phi) is 6.62. The predicted molar refractivity (Wildman–Crippen MR) is 100 cm³/mol. The lowest BCUT2D eigenvalue weighted by atomic mass is 10.3. The summed E-state index contributed by atoms with van der Waals surface area (Å²) < 4.78 is 5.24. The number of pyridine rings is 1. The molecule has 22 heavy (non-hydrogen) atoms. The maximum atomic E-state index is 6.38. The molecular weight excluding hydrogens is 336 g/mol. The minimum absolute atomic E-state index is 0.213. The largest absolute Gasteiger partial charge is 0.305 e. The first-order chi connectivity index (χ1) is 10.5. The Morgan fingerprint density at radius 3 is 2.91 bits per heavy atom. The molecule has 1 unspecified atom stereocenters. The van der Waals surface area contributed by atoms with Crippen LogP contribution in [0, 0.1) is 6.92 Å². The van der Waals surface area contributed by atoms with Gasteiger partial charge in [-0.05, 0) is 37.6 Å². The van der Waals surface area contributed by atoms with Crippen molar-refractivity contribution in [1.29, 1.82) is 0 Å². The third kappa shape index (κ3) is 4.41. The van der Waals surface area contributed by atoms with Crippen molar-refractivity contribution in [2.75, 3.05) is 12.3 Å². The van der Waals surface area contributed by atoms with E-state index in [1.807, 2.05) is 41.5 Å². The van der Waals surface area contributed by atoms with E-state index in [4.69, 9.17) is 16.6 Å². The van der Waals surface area contributed by atoms with Crippen LogP contribution in [-0.2, 0) is 0 Å². The van der Waals surface area contributed by atoms with E-state index in [0.717, 1.165) is 34.2 Å². The summed E-state index contributed by atoms with van der Waals surface area (Å²) in [6.07, 6.45) is 4.01. The second kappa shape index (κ2) is 8.24. The quantitative estimate of drug-likeness (QED) is 0.473. The Hall–Kier alpha value is -0.690. The Morgan fingerprint density at radius 1 is 1.45 bits per heavy atom. The third-order valence-electron chi connectivity index (χ3n) is 2.89. The SMILES string of the molecule is CCNSC(=NC(C)SCC)c1cc(Cl)c2nc(C)cn2c1. The normalized spacial score (nSPS) is 13.8. The first kappa shape index (κ1) is 17.7. The van der Waals surface area contributed by atoms with Crippen molar-refractivity contribution >= 4 is 46.0 Å². The van der Waals surface area contributed by atoms with E-state index in [0.29, 0.717) is 5.02 Å². The third-order valence-corrected chi connectivity index (χ3v) is 5.06. The van der Waals surface area contributed by atoms with Crippen LogP contribution in [0.15, 0.2) is 23.5 Å². The second-order valence-electron chi connectivity index (χ2n) is 4.78. The van der Waals surface area contributed by atoms with E-state index in [1.165, 1.54) is 0 Å². The van der Waals surface area contributed by atoms with Crippen LogP contribution in [0.25, 0.3) is 5.65 Å². The summed E-state index contributed by atoms with van der Waals surface area (Å²) in [4.78, 5) is 9.25. The molecule has 0 saturated heterocycles. The molecule has 0 fully saturated rings. The van der Waals surface area contributed by atoms with Gasteiger partial charge in [0.05, 0.1) is 16.1 Å². The van der Waals surface area contributed by atoms with Gasteiger partial charge in [-0.15, -0.1) is 11.8 Å². The van der Waals surface area contributed by atoms with Gasteiger partial charge in [0.25, 0.3) is 0 Å². The van der Waals surface area contributed by atoms with E-state index in [-0.39, 0.29) is 5.37 Å². The molecular formula is C15H21ClN4S2. The highest BCUT2D eigenvalue weighted by Crippen LogP contribution is 2.23. The standard InChI is InChI=1S/C15H21ClN4S2/c1-5-17-22-15(19-11(4)21-6-2)12-7-13(16)14-18-10(3)8-20(14)9-12/h7-9,11,17H,5-6H2,1-4H3. The summed E-state index contributed by atoms with van der Waals surface area (Å²) in [5.41, 5.74) is 2.74. The molecule has 0 bridgehead atoms. The average Bonchev–Trinajstić information content (AvgIpc) is 2.84. The molecule has 120 valence electrons. The number of fused-ring (bicyclic) bond motifs is 1. The number of nitrogens with one attached hydrogen (secondary N) is 1. The van der Waals surface area contributed by atoms with Crippen LogP contribution in [0.4, 0.5) is 0 Å². The first-order valence-electron chi connectivity index (χ1n) is 7.29. The van der Waals surface area contributed by atoms with Crippen molar-refractivity contribution in [2.45, 2.75) is 33.1 Å². The predicted octanol–water partition coefficient (Wildman–Crippen LogP) is 4.40. The highest BCUT2D eigenvalue weighted by Gasteiger charge is 2.12. The molecule has 2 rings (SSSR count). The van der Waals surface area contributed by atoms with E-state index in [9.17, 15) is 0 Å². The number of hydrogen-bond donors (Lipinski definition) is 1. The van der Waals surface area contributed by atoms with Crippen LogP contribution < -0.4 is 4.72 Å². The van der Waals surface area contributed by atoms with Crippen LogP contribution in [0.1, 0.15) is 32.0 Å². The van der Waals surface area contributed by atoms with Crippen LogP contribution in [0.5, 0.6) is 0 Å². The molecule has 4 nitrogen and oxygen atoms in total. The van der Waals surface area contributed by atoms with E-state index < -0.39 is 0 Å². The summed E-state index contributed by atoms with van der Waals surface area (Å²) in [6.45, 7) is 9.17. The lowest BCUT2D eigenvalue weighted by Crippen LogP contribution is -2.11. The molecule has 0 aromatic carbocycles. The fourth-order valence-electron chi connectivity index (χ4n) is 2.04. The average molecular weight is 357 g/mol. The fraction of sp³-hybridized carbons (Fsp3) is 0.467. The topological polar surface area (TPSA) is 41.7 Å². The Morgan fingerprint density at radius 2 is 2.23 bits per heavy atom. The van der Waals surface area contributed by atoms with Gasteiger partial charge < -0.3 is 4.40 Å². The maximum absolute atomic E-state index is 6.38. The summed E-state index contributed by atoms with van der Waals surface area (Å²) in [6, 6.07) is 1.94. The summed E-state index contributed by atoms with van der Waals surface area (Å²) in [7, 11) is 0. The van der Waals surface area contributed by atoms with Crippen LogP contribution in [0.3, 0.4) is 0 Å². The molecule has 2 heterocycles. The molecule has 0 aliphatic carbocycles. The monoisotopic (exact) mass is 356 g/mol. The molecule has 7 heteroatoms. The number of aromatic nitrogens is 2.